The third kappa shape index (κ3) is 2.95. The Kier molecular flexibility index (Phi) is 4.91. The van der Waals surface area contributed by atoms with E-state index < -0.39 is 6.29 Å². The Morgan fingerprint density at radius 1 is 1.62 bits per heavy atom. The SMILES string of the molecule is C=C1NC(N)N=C(N)N1CC.CC. The van der Waals surface area contributed by atoms with Crippen LogP contribution in [0.5, 0.6) is 0 Å². The van der Waals surface area contributed by atoms with Gasteiger partial charge in [0.2, 0.25) is 0 Å². The summed E-state index contributed by atoms with van der Waals surface area (Å²) in [5.74, 6) is 1.12. The van der Waals surface area contributed by atoms with Crippen molar-refractivity contribution in [3.05, 3.63) is 12.4 Å². The predicted octanol–water partition coefficient (Wildman–Crippen LogP) is -0.0341. The molecule has 0 saturated heterocycles. The first-order valence-electron chi connectivity index (χ1n) is 4.47. The van der Waals surface area contributed by atoms with E-state index in [1.807, 2.05) is 20.8 Å². The zero-order valence-corrected chi connectivity index (χ0v) is 8.54. The van der Waals surface area contributed by atoms with Crippen LogP contribution >= 0.6 is 0 Å². The third-order valence-electron chi connectivity index (χ3n) is 1.50. The molecule has 5 nitrogen and oxygen atoms in total. The maximum absolute atomic E-state index is 5.57. The summed E-state index contributed by atoms with van der Waals surface area (Å²) in [6.45, 7) is 10.4. The molecule has 0 aliphatic carbocycles. The van der Waals surface area contributed by atoms with Gasteiger partial charge in [-0.2, -0.15) is 0 Å². The minimum Gasteiger partial charge on any atom is -0.369 e. The Bertz CT molecular complexity index is 199. The van der Waals surface area contributed by atoms with Crippen molar-refractivity contribution in [1.29, 1.82) is 0 Å². The molecule has 0 spiro atoms. The molecule has 1 aliphatic rings. The van der Waals surface area contributed by atoms with Crippen LogP contribution in [-0.2, 0) is 0 Å². The Morgan fingerprint density at radius 3 is 2.54 bits per heavy atom. The minimum absolute atomic E-state index is 0.420. The molecule has 1 heterocycles. The average Bonchev–Trinajstić information content (AvgIpc) is 2.07. The van der Waals surface area contributed by atoms with Crippen LogP contribution in [0.3, 0.4) is 0 Å². The number of hydrogen-bond donors (Lipinski definition) is 3. The normalized spacial score (nSPS) is 21.2. The van der Waals surface area contributed by atoms with Gasteiger partial charge in [0, 0.05) is 6.54 Å². The molecule has 5 heteroatoms. The van der Waals surface area contributed by atoms with E-state index >= 15 is 0 Å². The highest BCUT2D eigenvalue weighted by Gasteiger charge is 2.17. The Hall–Kier alpha value is -1.23. The highest BCUT2D eigenvalue weighted by molar-refractivity contribution is 5.80. The van der Waals surface area contributed by atoms with Gasteiger partial charge in [0.15, 0.2) is 12.2 Å². The first-order valence-corrected chi connectivity index (χ1v) is 4.47. The number of nitrogens with zero attached hydrogens (tertiary/aromatic N) is 2. The van der Waals surface area contributed by atoms with Gasteiger partial charge in [0.1, 0.15) is 5.82 Å². The van der Waals surface area contributed by atoms with E-state index in [0.29, 0.717) is 11.8 Å². The molecule has 0 fully saturated rings. The van der Waals surface area contributed by atoms with Gasteiger partial charge in [-0.1, -0.05) is 20.4 Å². The zero-order chi connectivity index (χ0) is 10.4. The Balaban J connectivity index is 0.000000671. The summed E-state index contributed by atoms with van der Waals surface area (Å²) in [6.07, 6.45) is -0.453. The van der Waals surface area contributed by atoms with Gasteiger partial charge >= 0.3 is 0 Å². The summed E-state index contributed by atoms with van der Waals surface area (Å²) in [7, 11) is 0. The van der Waals surface area contributed by atoms with Crippen molar-refractivity contribution < 1.29 is 0 Å². The quantitative estimate of drug-likeness (QED) is 0.536. The van der Waals surface area contributed by atoms with Crippen molar-refractivity contribution in [3.63, 3.8) is 0 Å². The number of rotatable bonds is 1. The molecule has 1 unspecified atom stereocenters. The summed E-state index contributed by atoms with van der Waals surface area (Å²) < 4.78 is 0. The molecule has 1 aliphatic heterocycles. The monoisotopic (exact) mass is 185 g/mol. The molecule has 5 N–H and O–H groups in total. The highest BCUT2D eigenvalue weighted by atomic mass is 15.4. The van der Waals surface area contributed by atoms with Crippen LogP contribution in [0.2, 0.25) is 0 Å². The van der Waals surface area contributed by atoms with Gasteiger partial charge in [-0.25, -0.2) is 4.99 Å². The number of hydrogen-bond acceptors (Lipinski definition) is 5. The van der Waals surface area contributed by atoms with Crippen molar-refractivity contribution in [2.75, 3.05) is 6.54 Å². The number of guanidine groups is 1. The molecule has 0 bridgehead atoms. The van der Waals surface area contributed by atoms with Crippen molar-refractivity contribution in [2.45, 2.75) is 27.1 Å². The van der Waals surface area contributed by atoms with Crippen molar-refractivity contribution in [2.24, 2.45) is 16.5 Å². The maximum atomic E-state index is 5.57. The largest absolute Gasteiger partial charge is 0.369 e. The molecule has 0 aromatic rings. The maximum Gasteiger partial charge on any atom is 0.200 e. The van der Waals surface area contributed by atoms with Gasteiger partial charge in [-0.3, -0.25) is 10.6 Å². The summed E-state index contributed by atoms with van der Waals surface area (Å²) in [4.78, 5) is 5.66. The average molecular weight is 185 g/mol. The summed E-state index contributed by atoms with van der Waals surface area (Å²) in [6, 6.07) is 0. The molecule has 1 atom stereocenters. The van der Waals surface area contributed by atoms with Crippen LogP contribution < -0.4 is 16.8 Å². The van der Waals surface area contributed by atoms with E-state index in [1.165, 1.54) is 0 Å². The second-order valence-electron chi connectivity index (χ2n) is 2.27. The number of aliphatic imine (C=N–C) groups is 1. The van der Waals surface area contributed by atoms with E-state index in [9.17, 15) is 0 Å². The lowest BCUT2D eigenvalue weighted by Gasteiger charge is -2.31. The second-order valence-corrected chi connectivity index (χ2v) is 2.27. The molecule has 1 rings (SSSR count). The van der Waals surface area contributed by atoms with Crippen LogP contribution in [0.4, 0.5) is 0 Å². The van der Waals surface area contributed by atoms with Gasteiger partial charge < -0.3 is 11.1 Å². The molecule has 0 amide bonds. The summed E-state index contributed by atoms with van der Waals surface area (Å²) in [5.41, 5.74) is 11.0. The molecule has 0 aromatic heterocycles. The van der Waals surface area contributed by atoms with Crippen LogP contribution in [0, 0.1) is 0 Å². The van der Waals surface area contributed by atoms with Crippen LogP contribution in [0.15, 0.2) is 17.4 Å². The lowest BCUT2D eigenvalue weighted by molar-refractivity contribution is 0.415. The number of nitrogens with two attached hydrogens (primary N) is 2. The van der Waals surface area contributed by atoms with E-state index in [1.54, 1.807) is 4.90 Å². The van der Waals surface area contributed by atoms with Gasteiger partial charge in [0.05, 0.1) is 0 Å². The smallest absolute Gasteiger partial charge is 0.200 e. The fourth-order valence-electron chi connectivity index (χ4n) is 0.984. The molecular formula is C8H19N5. The van der Waals surface area contributed by atoms with Gasteiger partial charge in [-0.15, -0.1) is 0 Å². The van der Waals surface area contributed by atoms with Crippen LogP contribution in [0.25, 0.3) is 0 Å². The first-order chi connectivity index (χ1) is 6.15. The fourth-order valence-corrected chi connectivity index (χ4v) is 0.984. The van der Waals surface area contributed by atoms with E-state index in [4.69, 9.17) is 11.5 Å². The van der Waals surface area contributed by atoms with E-state index in [2.05, 4.69) is 16.9 Å². The minimum atomic E-state index is -0.453. The van der Waals surface area contributed by atoms with Crippen LogP contribution in [-0.4, -0.2) is 23.7 Å². The number of nitrogens with one attached hydrogen (secondary N) is 1. The van der Waals surface area contributed by atoms with Crippen LogP contribution in [0.1, 0.15) is 20.8 Å². The van der Waals surface area contributed by atoms with Crippen molar-refractivity contribution in [3.8, 4) is 0 Å². The second kappa shape index (κ2) is 5.42. The van der Waals surface area contributed by atoms with E-state index in [0.717, 1.165) is 6.54 Å². The zero-order valence-electron chi connectivity index (χ0n) is 8.54. The topological polar surface area (TPSA) is 79.7 Å². The fraction of sp³-hybridized carbons (Fsp3) is 0.625. The first kappa shape index (κ1) is 11.8. The summed E-state index contributed by atoms with van der Waals surface area (Å²) in [5, 5.41) is 2.85. The molecule has 0 radical (unpaired) electrons. The van der Waals surface area contributed by atoms with Gasteiger partial charge in [-0.05, 0) is 6.92 Å². The van der Waals surface area contributed by atoms with Gasteiger partial charge in [0.25, 0.3) is 0 Å². The Labute approximate surface area is 79.5 Å². The lowest BCUT2D eigenvalue weighted by atomic mass is 10.5. The predicted molar refractivity (Wildman–Crippen MR) is 55.6 cm³/mol. The molecule has 13 heavy (non-hydrogen) atoms. The van der Waals surface area contributed by atoms with E-state index in [-0.39, 0.29) is 0 Å². The third-order valence-corrected chi connectivity index (χ3v) is 1.50. The summed E-state index contributed by atoms with van der Waals surface area (Å²) >= 11 is 0. The standard InChI is InChI=1S/C6H13N5.C2H6/c1-3-11-4(2)9-5(7)10-6(11)8;1-2/h5,9H,2-3,7H2,1H3,(H2,8,10);1-2H3. The van der Waals surface area contributed by atoms with Crippen molar-refractivity contribution in [1.82, 2.24) is 10.2 Å². The molecule has 0 saturated carbocycles. The Morgan fingerprint density at radius 2 is 2.15 bits per heavy atom. The lowest BCUT2D eigenvalue weighted by Crippen LogP contribution is -2.52. The van der Waals surface area contributed by atoms with Crippen molar-refractivity contribution >= 4 is 5.96 Å². The highest BCUT2D eigenvalue weighted by Crippen LogP contribution is 2.03. The molecule has 76 valence electrons. The molecular weight excluding hydrogens is 166 g/mol. The molecule has 0 aromatic carbocycles.